The van der Waals surface area contributed by atoms with Gasteiger partial charge in [-0.3, -0.25) is 9.59 Å². The van der Waals surface area contributed by atoms with Gasteiger partial charge in [-0.25, -0.2) is 0 Å². The van der Waals surface area contributed by atoms with E-state index in [0.29, 0.717) is 37.6 Å². The lowest BCUT2D eigenvalue weighted by molar-refractivity contribution is -0.116. The van der Waals surface area contributed by atoms with Crippen molar-refractivity contribution in [1.82, 2.24) is 4.90 Å². The first kappa shape index (κ1) is 19.1. The van der Waals surface area contributed by atoms with Gasteiger partial charge in [0.05, 0.1) is 6.26 Å². The predicted molar refractivity (Wildman–Crippen MR) is 109 cm³/mol. The fourth-order valence-electron chi connectivity index (χ4n) is 3.51. The van der Waals surface area contributed by atoms with Crippen molar-refractivity contribution in [3.8, 4) is 11.3 Å². The van der Waals surface area contributed by atoms with Gasteiger partial charge in [0, 0.05) is 42.7 Å². The molecule has 6 heteroatoms. The van der Waals surface area contributed by atoms with Crippen LogP contribution in [-0.2, 0) is 17.8 Å². The van der Waals surface area contributed by atoms with Crippen LogP contribution in [-0.4, -0.2) is 23.3 Å². The highest BCUT2D eigenvalue weighted by atomic mass is 16.3. The van der Waals surface area contributed by atoms with Gasteiger partial charge in [0.15, 0.2) is 5.76 Å². The molecule has 0 fully saturated rings. The van der Waals surface area contributed by atoms with E-state index >= 15 is 0 Å². The van der Waals surface area contributed by atoms with Gasteiger partial charge in [0.2, 0.25) is 5.91 Å². The second-order valence-corrected chi connectivity index (χ2v) is 7.74. The first-order valence-corrected chi connectivity index (χ1v) is 9.84. The molecule has 0 unspecified atom stereocenters. The maximum atomic E-state index is 12.5. The fraction of sp³-hybridized carbons (Fsp3) is 0.304. The van der Waals surface area contributed by atoms with Crippen molar-refractivity contribution in [1.29, 1.82) is 0 Å². The van der Waals surface area contributed by atoms with Crippen LogP contribution in [0.4, 0.5) is 5.69 Å². The molecule has 29 heavy (non-hydrogen) atoms. The average Bonchev–Trinajstić information content (AvgIpc) is 3.36. The van der Waals surface area contributed by atoms with Crippen molar-refractivity contribution < 1.29 is 18.4 Å². The van der Waals surface area contributed by atoms with Gasteiger partial charge in [-0.1, -0.05) is 13.8 Å². The van der Waals surface area contributed by atoms with Crippen LogP contribution in [0.25, 0.3) is 11.3 Å². The number of amides is 2. The monoisotopic (exact) mass is 392 g/mol. The zero-order valence-corrected chi connectivity index (χ0v) is 16.6. The number of nitrogens with one attached hydrogen (secondary N) is 1. The standard InChI is InChI=1S/C23H24N2O4/c1-15(2)12-22(26)24-18-7-5-16(6-8-18)21-13-17-14-25(10-9-19(17)29-21)23(27)20-4-3-11-28-20/h3-8,11,13,15H,9-10,12,14H2,1-2H3,(H,24,26). The molecular weight excluding hydrogens is 368 g/mol. The summed E-state index contributed by atoms with van der Waals surface area (Å²) in [4.78, 5) is 26.2. The molecule has 3 heterocycles. The average molecular weight is 392 g/mol. The highest BCUT2D eigenvalue weighted by molar-refractivity contribution is 5.92. The molecule has 2 amide bonds. The normalized spacial score (nSPS) is 13.4. The third-order valence-electron chi connectivity index (χ3n) is 4.93. The Morgan fingerprint density at radius 3 is 2.66 bits per heavy atom. The number of carbonyl (C=O) groups excluding carboxylic acids is 2. The van der Waals surface area contributed by atoms with Crippen molar-refractivity contribution in [3.63, 3.8) is 0 Å². The molecule has 1 aliphatic rings. The number of hydrogen-bond acceptors (Lipinski definition) is 4. The fourth-order valence-corrected chi connectivity index (χ4v) is 3.51. The van der Waals surface area contributed by atoms with E-state index in [9.17, 15) is 9.59 Å². The highest BCUT2D eigenvalue weighted by Crippen LogP contribution is 2.30. The third kappa shape index (κ3) is 4.26. The van der Waals surface area contributed by atoms with Crippen LogP contribution < -0.4 is 5.32 Å². The van der Waals surface area contributed by atoms with Gasteiger partial charge < -0.3 is 19.1 Å². The van der Waals surface area contributed by atoms with E-state index in [4.69, 9.17) is 8.83 Å². The lowest BCUT2D eigenvalue weighted by atomic mass is 10.1. The van der Waals surface area contributed by atoms with Crippen LogP contribution in [0.5, 0.6) is 0 Å². The van der Waals surface area contributed by atoms with Crippen LogP contribution in [0.3, 0.4) is 0 Å². The number of hydrogen-bond donors (Lipinski definition) is 1. The summed E-state index contributed by atoms with van der Waals surface area (Å²) in [7, 11) is 0. The van der Waals surface area contributed by atoms with E-state index in [1.807, 2.05) is 44.2 Å². The number of carbonyl (C=O) groups is 2. The van der Waals surface area contributed by atoms with Crippen molar-refractivity contribution in [2.24, 2.45) is 5.92 Å². The minimum absolute atomic E-state index is 0.0162. The van der Waals surface area contributed by atoms with E-state index in [1.54, 1.807) is 17.0 Å². The maximum absolute atomic E-state index is 12.5. The number of rotatable bonds is 5. The quantitative estimate of drug-likeness (QED) is 0.681. The zero-order chi connectivity index (χ0) is 20.4. The third-order valence-corrected chi connectivity index (χ3v) is 4.93. The zero-order valence-electron chi connectivity index (χ0n) is 16.6. The molecule has 2 aromatic heterocycles. The molecule has 0 saturated carbocycles. The summed E-state index contributed by atoms with van der Waals surface area (Å²) in [6.45, 7) is 5.14. The van der Waals surface area contributed by atoms with E-state index in [1.165, 1.54) is 6.26 Å². The van der Waals surface area contributed by atoms with Gasteiger partial charge in [-0.15, -0.1) is 0 Å². The summed E-state index contributed by atoms with van der Waals surface area (Å²) < 4.78 is 11.3. The van der Waals surface area contributed by atoms with Crippen LogP contribution in [0.15, 0.2) is 57.6 Å². The Bertz CT molecular complexity index is 1000. The smallest absolute Gasteiger partial charge is 0.289 e. The number of benzene rings is 1. The first-order valence-electron chi connectivity index (χ1n) is 9.84. The summed E-state index contributed by atoms with van der Waals surface area (Å²) in [5.74, 6) is 2.27. The number of nitrogens with zero attached hydrogens (tertiary/aromatic N) is 1. The molecule has 6 nitrogen and oxygen atoms in total. The second kappa shape index (κ2) is 7.99. The summed E-state index contributed by atoms with van der Waals surface area (Å²) in [5.41, 5.74) is 2.72. The summed E-state index contributed by atoms with van der Waals surface area (Å²) >= 11 is 0. The lowest BCUT2D eigenvalue weighted by Gasteiger charge is -2.25. The first-order chi connectivity index (χ1) is 14.0. The number of fused-ring (bicyclic) bond motifs is 1. The van der Waals surface area contributed by atoms with Crippen LogP contribution >= 0.6 is 0 Å². The molecule has 1 N–H and O–H groups in total. The number of furan rings is 2. The Labute approximate surface area is 169 Å². The lowest BCUT2D eigenvalue weighted by Crippen LogP contribution is -2.35. The molecule has 3 aromatic rings. The Balaban J connectivity index is 1.45. The van der Waals surface area contributed by atoms with E-state index < -0.39 is 0 Å². The predicted octanol–water partition coefficient (Wildman–Crippen LogP) is 4.72. The van der Waals surface area contributed by atoms with Crippen LogP contribution in [0.2, 0.25) is 0 Å². The summed E-state index contributed by atoms with van der Waals surface area (Å²) in [5, 5.41) is 2.91. The van der Waals surface area contributed by atoms with E-state index in [2.05, 4.69) is 5.32 Å². The Morgan fingerprint density at radius 1 is 1.17 bits per heavy atom. The largest absolute Gasteiger partial charge is 0.461 e. The molecule has 4 rings (SSSR count). The van der Waals surface area contributed by atoms with E-state index in [0.717, 1.165) is 28.3 Å². The van der Waals surface area contributed by atoms with Crippen molar-refractivity contribution in [2.45, 2.75) is 33.2 Å². The van der Waals surface area contributed by atoms with Crippen LogP contribution in [0.1, 0.15) is 42.1 Å². The van der Waals surface area contributed by atoms with Gasteiger partial charge in [0.25, 0.3) is 5.91 Å². The Kier molecular flexibility index (Phi) is 5.25. The number of anilines is 1. The topological polar surface area (TPSA) is 75.7 Å². The minimum Gasteiger partial charge on any atom is -0.461 e. The Morgan fingerprint density at radius 2 is 1.97 bits per heavy atom. The molecule has 0 aliphatic carbocycles. The molecule has 0 radical (unpaired) electrons. The summed E-state index contributed by atoms with van der Waals surface area (Å²) in [6.07, 6.45) is 2.68. The summed E-state index contributed by atoms with van der Waals surface area (Å²) in [6, 6.07) is 13.0. The van der Waals surface area contributed by atoms with Crippen molar-refractivity contribution in [2.75, 3.05) is 11.9 Å². The molecule has 150 valence electrons. The van der Waals surface area contributed by atoms with Crippen LogP contribution in [0, 0.1) is 5.92 Å². The second-order valence-electron chi connectivity index (χ2n) is 7.74. The van der Waals surface area contributed by atoms with Gasteiger partial charge in [0.1, 0.15) is 11.5 Å². The molecular formula is C23H24N2O4. The maximum Gasteiger partial charge on any atom is 0.289 e. The molecule has 0 spiro atoms. The highest BCUT2D eigenvalue weighted by Gasteiger charge is 2.26. The van der Waals surface area contributed by atoms with Crippen molar-refractivity contribution in [3.05, 3.63) is 65.8 Å². The van der Waals surface area contributed by atoms with Gasteiger partial charge in [-0.05, 0) is 48.4 Å². The molecule has 0 saturated heterocycles. The molecule has 1 aliphatic heterocycles. The van der Waals surface area contributed by atoms with Gasteiger partial charge in [-0.2, -0.15) is 0 Å². The van der Waals surface area contributed by atoms with Crippen molar-refractivity contribution >= 4 is 17.5 Å². The molecule has 0 bridgehead atoms. The molecule has 1 aromatic carbocycles. The minimum atomic E-state index is -0.107. The van der Waals surface area contributed by atoms with E-state index in [-0.39, 0.29) is 11.8 Å². The van der Waals surface area contributed by atoms with Gasteiger partial charge >= 0.3 is 0 Å². The SMILES string of the molecule is CC(C)CC(=O)Nc1ccc(-c2cc3c(o2)CCN(C(=O)c2ccco2)C3)cc1. The Hall–Kier alpha value is -3.28. The molecule has 0 atom stereocenters.